The van der Waals surface area contributed by atoms with E-state index in [1.54, 1.807) is 6.92 Å². The van der Waals surface area contributed by atoms with E-state index in [-0.39, 0.29) is 0 Å². The van der Waals surface area contributed by atoms with E-state index in [2.05, 4.69) is 20.8 Å². The third-order valence-electron chi connectivity index (χ3n) is 3.84. The van der Waals surface area contributed by atoms with Crippen LogP contribution < -0.4 is 0 Å². The average molecular weight is 196 g/mol. The van der Waals surface area contributed by atoms with Crippen LogP contribution in [0.15, 0.2) is 0 Å². The van der Waals surface area contributed by atoms with Gasteiger partial charge in [0.25, 0.3) is 0 Å². The first-order chi connectivity index (χ1) is 6.50. The highest BCUT2D eigenvalue weighted by Gasteiger charge is 2.30. The number of ketones is 1. The van der Waals surface area contributed by atoms with Gasteiger partial charge in [0.2, 0.25) is 0 Å². The van der Waals surface area contributed by atoms with Crippen molar-refractivity contribution in [3.63, 3.8) is 0 Å². The van der Waals surface area contributed by atoms with Crippen molar-refractivity contribution in [3.8, 4) is 0 Å². The van der Waals surface area contributed by atoms with Crippen molar-refractivity contribution >= 4 is 5.78 Å². The third-order valence-corrected chi connectivity index (χ3v) is 3.84. The molecule has 0 spiro atoms. The Morgan fingerprint density at radius 1 is 1.14 bits per heavy atom. The fourth-order valence-corrected chi connectivity index (χ4v) is 3.21. The highest BCUT2D eigenvalue weighted by molar-refractivity contribution is 5.75. The number of Topliss-reactive ketones (excluding diaryl/α,β-unsaturated/α-hetero) is 1. The van der Waals surface area contributed by atoms with Crippen molar-refractivity contribution in [2.75, 3.05) is 0 Å². The van der Waals surface area contributed by atoms with E-state index < -0.39 is 0 Å². The Hall–Kier alpha value is -0.330. The zero-order chi connectivity index (χ0) is 10.7. The molecule has 2 atom stereocenters. The summed E-state index contributed by atoms with van der Waals surface area (Å²) in [5, 5.41) is 0. The molecular weight excluding hydrogens is 172 g/mol. The van der Waals surface area contributed by atoms with Crippen molar-refractivity contribution < 1.29 is 4.79 Å². The Balaban J connectivity index is 2.45. The van der Waals surface area contributed by atoms with Gasteiger partial charge in [0.1, 0.15) is 5.78 Å². The van der Waals surface area contributed by atoms with Crippen LogP contribution in [0.4, 0.5) is 0 Å². The average Bonchev–Trinajstić information content (AvgIpc) is 2.01. The Morgan fingerprint density at radius 3 is 2.07 bits per heavy atom. The molecule has 0 aromatic rings. The minimum Gasteiger partial charge on any atom is -0.300 e. The van der Waals surface area contributed by atoms with Crippen molar-refractivity contribution in [2.24, 2.45) is 23.7 Å². The minimum absolute atomic E-state index is 0.350. The first-order valence-electron chi connectivity index (χ1n) is 6.00. The molecule has 1 heteroatoms. The van der Waals surface area contributed by atoms with Gasteiger partial charge in [-0.15, -0.1) is 0 Å². The van der Waals surface area contributed by atoms with Crippen LogP contribution in [0.1, 0.15) is 53.4 Å². The topological polar surface area (TPSA) is 17.1 Å². The standard InChI is InChI=1S/C13H24O/c1-9-7-10(2)13(11(3)8-9)6-5-12(4)14/h9-11,13H,5-8H2,1-4H3/t9?,10-,11-,13?/m0/s1. The molecule has 0 saturated heterocycles. The van der Waals surface area contributed by atoms with Crippen LogP contribution in [0.2, 0.25) is 0 Å². The van der Waals surface area contributed by atoms with E-state index in [9.17, 15) is 4.79 Å². The lowest BCUT2D eigenvalue weighted by Gasteiger charge is -2.38. The quantitative estimate of drug-likeness (QED) is 0.673. The van der Waals surface area contributed by atoms with Crippen molar-refractivity contribution in [3.05, 3.63) is 0 Å². The number of carbonyl (C=O) groups is 1. The third kappa shape index (κ3) is 3.11. The second-order valence-corrected chi connectivity index (χ2v) is 5.44. The number of carbonyl (C=O) groups excluding carboxylic acids is 1. The fraction of sp³-hybridized carbons (Fsp3) is 0.923. The molecule has 82 valence electrons. The van der Waals surface area contributed by atoms with Crippen LogP contribution in [0, 0.1) is 23.7 Å². The summed E-state index contributed by atoms with van der Waals surface area (Å²) in [6.07, 6.45) is 4.61. The van der Waals surface area contributed by atoms with E-state index in [1.807, 2.05) is 0 Å². The molecule has 1 rings (SSSR count). The first kappa shape index (κ1) is 11.7. The maximum absolute atomic E-state index is 11.0. The Kier molecular flexibility index (Phi) is 4.15. The molecule has 1 aliphatic rings. The number of hydrogen-bond acceptors (Lipinski definition) is 1. The summed E-state index contributed by atoms with van der Waals surface area (Å²) in [6.45, 7) is 8.78. The predicted molar refractivity (Wildman–Crippen MR) is 60.1 cm³/mol. The molecule has 0 heterocycles. The van der Waals surface area contributed by atoms with Gasteiger partial charge >= 0.3 is 0 Å². The van der Waals surface area contributed by atoms with E-state index in [4.69, 9.17) is 0 Å². The summed E-state index contributed by atoms with van der Waals surface area (Å²) in [6, 6.07) is 0. The molecule has 0 amide bonds. The van der Waals surface area contributed by atoms with E-state index in [0.29, 0.717) is 5.78 Å². The van der Waals surface area contributed by atoms with Crippen LogP contribution in [-0.4, -0.2) is 5.78 Å². The lowest BCUT2D eigenvalue weighted by Crippen LogP contribution is -2.29. The molecule has 1 aliphatic carbocycles. The van der Waals surface area contributed by atoms with Crippen LogP contribution in [0.25, 0.3) is 0 Å². The number of hydrogen-bond donors (Lipinski definition) is 0. The summed E-state index contributed by atoms with van der Waals surface area (Å²) in [5.74, 6) is 3.65. The molecule has 0 radical (unpaired) electrons. The molecule has 0 bridgehead atoms. The summed E-state index contributed by atoms with van der Waals surface area (Å²) < 4.78 is 0. The van der Waals surface area contributed by atoms with Gasteiger partial charge in [-0.3, -0.25) is 0 Å². The van der Waals surface area contributed by atoms with Gasteiger partial charge in [-0.25, -0.2) is 0 Å². The van der Waals surface area contributed by atoms with Crippen LogP contribution in [0.3, 0.4) is 0 Å². The normalized spacial score (nSPS) is 38.3. The monoisotopic (exact) mass is 196 g/mol. The van der Waals surface area contributed by atoms with Crippen LogP contribution in [-0.2, 0) is 4.79 Å². The van der Waals surface area contributed by atoms with Gasteiger partial charge in [0.15, 0.2) is 0 Å². The lowest BCUT2D eigenvalue weighted by atomic mass is 9.68. The van der Waals surface area contributed by atoms with Crippen LogP contribution >= 0.6 is 0 Å². The largest absolute Gasteiger partial charge is 0.300 e. The lowest BCUT2D eigenvalue weighted by molar-refractivity contribution is -0.117. The summed E-state index contributed by atoms with van der Waals surface area (Å²) in [4.78, 5) is 11.0. The minimum atomic E-state index is 0.350. The second-order valence-electron chi connectivity index (χ2n) is 5.44. The summed E-state index contributed by atoms with van der Waals surface area (Å²) in [5.41, 5.74) is 0. The predicted octanol–water partition coefficient (Wildman–Crippen LogP) is 3.67. The van der Waals surface area contributed by atoms with Gasteiger partial charge in [-0.1, -0.05) is 20.8 Å². The van der Waals surface area contributed by atoms with Gasteiger partial charge in [0.05, 0.1) is 0 Å². The SMILES string of the molecule is CC(=O)CCC1[C@@H](C)CC(C)C[C@@H]1C. The highest BCUT2D eigenvalue weighted by Crippen LogP contribution is 2.39. The molecule has 14 heavy (non-hydrogen) atoms. The molecule has 0 aromatic heterocycles. The van der Waals surface area contributed by atoms with Crippen LogP contribution in [0.5, 0.6) is 0 Å². The smallest absolute Gasteiger partial charge is 0.129 e. The van der Waals surface area contributed by atoms with Crippen molar-refractivity contribution in [2.45, 2.75) is 53.4 Å². The van der Waals surface area contributed by atoms with E-state index in [1.165, 1.54) is 12.8 Å². The van der Waals surface area contributed by atoms with Gasteiger partial charge in [-0.05, 0) is 49.9 Å². The summed E-state index contributed by atoms with van der Waals surface area (Å²) in [7, 11) is 0. The molecule has 1 nitrogen and oxygen atoms in total. The zero-order valence-electron chi connectivity index (χ0n) is 10.0. The summed E-state index contributed by atoms with van der Waals surface area (Å²) >= 11 is 0. The number of rotatable bonds is 3. The van der Waals surface area contributed by atoms with Crippen molar-refractivity contribution in [1.29, 1.82) is 0 Å². The molecule has 0 aliphatic heterocycles. The highest BCUT2D eigenvalue weighted by atomic mass is 16.1. The molecule has 0 unspecified atom stereocenters. The Morgan fingerprint density at radius 2 is 1.64 bits per heavy atom. The van der Waals surface area contributed by atoms with E-state index in [0.717, 1.165) is 36.5 Å². The zero-order valence-corrected chi connectivity index (χ0v) is 10.0. The van der Waals surface area contributed by atoms with Gasteiger partial charge < -0.3 is 4.79 Å². The van der Waals surface area contributed by atoms with Gasteiger partial charge in [0, 0.05) is 6.42 Å². The van der Waals surface area contributed by atoms with Crippen molar-refractivity contribution in [1.82, 2.24) is 0 Å². The molecule has 0 aromatic carbocycles. The Bertz CT molecular complexity index is 185. The first-order valence-corrected chi connectivity index (χ1v) is 6.00. The molecular formula is C13H24O. The van der Waals surface area contributed by atoms with Gasteiger partial charge in [-0.2, -0.15) is 0 Å². The van der Waals surface area contributed by atoms with E-state index >= 15 is 0 Å². The molecule has 1 saturated carbocycles. The molecule has 0 N–H and O–H groups in total. The molecule has 1 fully saturated rings. The second kappa shape index (κ2) is 4.95. The maximum atomic E-state index is 11.0. The Labute approximate surface area is 88.3 Å². The maximum Gasteiger partial charge on any atom is 0.129 e. The fourth-order valence-electron chi connectivity index (χ4n) is 3.21.